The van der Waals surface area contributed by atoms with Gasteiger partial charge >= 0.3 is 11.6 Å². The van der Waals surface area contributed by atoms with Gasteiger partial charge in [-0.15, -0.1) is 0 Å². The predicted molar refractivity (Wildman–Crippen MR) is 105 cm³/mol. The van der Waals surface area contributed by atoms with Gasteiger partial charge < -0.3 is 9.15 Å². The molecule has 4 heteroatoms. The first kappa shape index (κ1) is 18.3. The first-order chi connectivity index (χ1) is 12.9. The van der Waals surface area contributed by atoms with Crippen LogP contribution in [-0.4, -0.2) is 5.97 Å². The maximum Gasteiger partial charge on any atom is 0.336 e. The first-order valence-corrected chi connectivity index (χ1v) is 10.1. The van der Waals surface area contributed by atoms with Crippen molar-refractivity contribution in [1.82, 2.24) is 0 Å². The lowest BCUT2D eigenvalue weighted by atomic mass is 9.86. The molecular formula is C23H28O4. The third-order valence-electron chi connectivity index (χ3n) is 6.54. The van der Waals surface area contributed by atoms with Crippen molar-refractivity contribution >= 4 is 16.9 Å². The Bertz CT molecular complexity index is 924. The molecular weight excluding hydrogens is 340 g/mol. The molecule has 0 saturated heterocycles. The average molecular weight is 368 g/mol. The highest BCUT2D eigenvalue weighted by Gasteiger charge is 2.40. The molecule has 0 spiro atoms. The van der Waals surface area contributed by atoms with E-state index >= 15 is 0 Å². The molecule has 1 aromatic heterocycles. The summed E-state index contributed by atoms with van der Waals surface area (Å²) < 4.78 is 10.9. The molecule has 2 fully saturated rings. The van der Waals surface area contributed by atoms with E-state index in [1.54, 1.807) is 0 Å². The Morgan fingerprint density at radius 1 is 1.22 bits per heavy atom. The topological polar surface area (TPSA) is 56.5 Å². The largest absolute Gasteiger partial charge is 0.461 e. The minimum Gasteiger partial charge on any atom is -0.461 e. The Hall–Kier alpha value is -2.10. The van der Waals surface area contributed by atoms with Crippen molar-refractivity contribution in [3.8, 4) is 0 Å². The first-order valence-electron chi connectivity index (χ1n) is 10.1. The summed E-state index contributed by atoms with van der Waals surface area (Å²) in [6.07, 6.45) is 5.58. The van der Waals surface area contributed by atoms with E-state index in [0.29, 0.717) is 29.8 Å². The van der Waals surface area contributed by atoms with Crippen LogP contribution >= 0.6 is 0 Å². The zero-order valence-corrected chi connectivity index (χ0v) is 16.4. The molecule has 144 valence electrons. The van der Waals surface area contributed by atoms with Crippen LogP contribution in [0.4, 0.5) is 0 Å². The highest BCUT2D eigenvalue weighted by Crippen LogP contribution is 2.49. The number of hydrogen-bond donors (Lipinski definition) is 0. The number of aryl methyl sites for hydroxylation is 1. The van der Waals surface area contributed by atoms with Crippen molar-refractivity contribution in [2.24, 2.45) is 17.8 Å². The van der Waals surface area contributed by atoms with Crippen molar-refractivity contribution in [3.63, 3.8) is 0 Å². The van der Waals surface area contributed by atoms with Gasteiger partial charge in [0.05, 0.1) is 0 Å². The van der Waals surface area contributed by atoms with Gasteiger partial charge in [-0.1, -0.05) is 20.3 Å². The monoisotopic (exact) mass is 368 g/mol. The van der Waals surface area contributed by atoms with Crippen molar-refractivity contribution in [2.45, 2.75) is 65.4 Å². The summed E-state index contributed by atoms with van der Waals surface area (Å²) in [4.78, 5) is 24.3. The van der Waals surface area contributed by atoms with Gasteiger partial charge in [0, 0.05) is 23.4 Å². The molecule has 3 atom stereocenters. The van der Waals surface area contributed by atoms with E-state index in [4.69, 9.17) is 9.15 Å². The van der Waals surface area contributed by atoms with Crippen LogP contribution in [0.15, 0.2) is 27.4 Å². The molecule has 4 rings (SSSR count). The molecule has 0 radical (unpaired) electrons. The van der Waals surface area contributed by atoms with Gasteiger partial charge in [0.25, 0.3) is 0 Å². The summed E-state index contributed by atoms with van der Waals surface area (Å²) in [6.45, 7) is 6.43. The molecule has 0 N–H and O–H groups in total. The fourth-order valence-corrected chi connectivity index (χ4v) is 5.19. The predicted octanol–water partition coefficient (Wildman–Crippen LogP) is 5.09. The fourth-order valence-electron chi connectivity index (χ4n) is 5.19. The molecule has 2 bridgehead atoms. The van der Waals surface area contributed by atoms with Crippen molar-refractivity contribution < 1.29 is 13.9 Å². The zero-order valence-electron chi connectivity index (χ0n) is 16.4. The van der Waals surface area contributed by atoms with Gasteiger partial charge in [-0.3, -0.25) is 4.79 Å². The summed E-state index contributed by atoms with van der Waals surface area (Å²) >= 11 is 0. The quantitative estimate of drug-likeness (QED) is 0.544. The maximum absolute atomic E-state index is 12.4. The minimum atomic E-state index is -0.404. The van der Waals surface area contributed by atoms with Crippen molar-refractivity contribution in [1.29, 1.82) is 0 Å². The second kappa shape index (κ2) is 7.14. The molecule has 2 aromatic rings. The summed E-state index contributed by atoms with van der Waals surface area (Å²) in [6, 6.07) is 5.43. The second-order valence-electron chi connectivity index (χ2n) is 8.75. The fraction of sp³-hybridized carbons (Fsp3) is 0.565. The average Bonchev–Trinajstić information content (AvgIpc) is 3.21. The molecule has 2 saturated carbocycles. The Morgan fingerprint density at radius 3 is 2.70 bits per heavy atom. The highest BCUT2D eigenvalue weighted by atomic mass is 16.5. The second-order valence-corrected chi connectivity index (χ2v) is 8.75. The van der Waals surface area contributed by atoms with Gasteiger partial charge in [-0.25, -0.2) is 4.79 Å². The van der Waals surface area contributed by atoms with Gasteiger partial charge in [0.2, 0.25) is 0 Å². The van der Waals surface area contributed by atoms with E-state index in [0.717, 1.165) is 22.4 Å². The highest BCUT2D eigenvalue weighted by molar-refractivity contribution is 5.82. The number of rotatable bonds is 5. The Labute approximate surface area is 159 Å². The van der Waals surface area contributed by atoms with Gasteiger partial charge in [-0.2, -0.15) is 0 Å². The maximum atomic E-state index is 12.4. The number of esters is 1. The van der Waals surface area contributed by atoms with Crippen LogP contribution in [0, 0.1) is 24.7 Å². The van der Waals surface area contributed by atoms with Gasteiger partial charge in [0.15, 0.2) is 0 Å². The SMILES string of the molecule is Cc1cc2oc(=O)cc(COC(=O)C[C@H]3C[C@H]4CC[C@@H]3C4)c2cc1C(C)C. The lowest BCUT2D eigenvalue weighted by molar-refractivity contribution is -0.146. The zero-order chi connectivity index (χ0) is 19.1. The van der Waals surface area contributed by atoms with E-state index in [1.807, 2.05) is 13.0 Å². The van der Waals surface area contributed by atoms with Gasteiger partial charge in [-0.05, 0) is 73.1 Å². The minimum absolute atomic E-state index is 0.127. The normalized spacial score (nSPS) is 24.1. The lowest BCUT2D eigenvalue weighted by Crippen LogP contribution is -2.17. The van der Waals surface area contributed by atoms with E-state index in [2.05, 4.69) is 19.9 Å². The van der Waals surface area contributed by atoms with Crippen LogP contribution in [0.3, 0.4) is 0 Å². The molecule has 27 heavy (non-hydrogen) atoms. The van der Waals surface area contributed by atoms with Crippen LogP contribution in [0.5, 0.6) is 0 Å². The van der Waals surface area contributed by atoms with Crippen LogP contribution in [0.2, 0.25) is 0 Å². The lowest BCUT2D eigenvalue weighted by Gasteiger charge is -2.20. The molecule has 1 aromatic carbocycles. The van der Waals surface area contributed by atoms with Crippen LogP contribution in [0.25, 0.3) is 11.0 Å². The number of carbonyl (C=O) groups excluding carboxylic acids is 1. The standard InChI is InChI=1S/C23H28O4/c1-13(2)19-11-20-18(10-23(25)27-21(20)6-14(19)3)12-26-22(24)9-17-8-15-4-5-16(17)7-15/h6,10-11,13,15-17H,4-5,7-9,12H2,1-3H3/t15-,16+,17+/m0/s1. The molecule has 0 unspecified atom stereocenters. The van der Waals surface area contributed by atoms with E-state index in [1.165, 1.54) is 37.3 Å². The Kier molecular flexibility index (Phi) is 4.83. The van der Waals surface area contributed by atoms with E-state index in [-0.39, 0.29) is 12.6 Å². The molecule has 0 aliphatic heterocycles. The Balaban J connectivity index is 1.51. The number of ether oxygens (including phenoxy) is 1. The molecule has 4 nitrogen and oxygen atoms in total. The smallest absolute Gasteiger partial charge is 0.336 e. The number of fused-ring (bicyclic) bond motifs is 3. The number of hydrogen-bond acceptors (Lipinski definition) is 4. The third-order valence-corrected chi connectivity index (χ3v) is 6.54. The van der Waals surface area contributed by atoms with E-state index < -0.39 is 5.63 Å². The summed E-state index contributed by atoms with van der Waals surface area (Å²) in [5.41, 5.74) is 3.20. The van der Waals surface area contributed by atoms with Gasteiger partial charge in [0.1, 0.15) is 12.2 Å². The molecule has 2 aliphatic carbocycles. The number of carbonyl (C=O) groups is 1. The van der Waals surface area contributed by atoms with Crippen LogP contribution in [0.1, 0.15) is 68.6 Å². The molecule has 1 heterocycles. The summed E-state index contributed by atoms with van der Waals surface area (Å²) in [7, 11) is 0. The van der Waals surface area contributed by atoms with Crippen molar-refractivity contribution in [3.05, 3.63) is 45.3 Å². The molecule has 0 amide bonds. The number of benzene rings is 1. The summed E-state index contributed by atoms with van der Waals surface area (Å²) in [5, 5.41) is 0.858. The van der Waals surface area contributed by atoms with Crippen LogP contribution < -0.4 is 5.63 Å². The molecule has 2 aliphatic rings. The van der Waals surface area contributed by atoms with Crippen LogP contribution in [-0.2, 0) is 16.1 Å². The van der Waals surface area contributed by atoms with E-state index in [9.17, 15) is 9.59 Å². The summed E-state index contributed by atoms with van der Waals surface area (Å²) in [5.74, 6) is 2.25. The third kappa shape index (κ3) is 3.67. The Morgan fingerprint density at radius 2 is 2.04 bits per heavy atom. The van der Waals surface area contributed by atoms with Crippen molar-refractivity contribution in [2.75, 3.05) is 0 Å².